The van der Waals surface area contributed by atoms with E-state index in [1.54, 1.807) is 0 Å². The van der Waals surface area contributed by atoms with E-state index < -0.39 is 63.7 Å². The Balaban J connectivity index is 2.67. The van der Waals surface area contributed by atoms with E-state index in [0.717, 1.165) is 27.0 Å². The molecule has 0 bridgehead atoms. The van der Waals surface area contributed by atoms with E-state index in [4.69, 9.17) is 16.3 Å². The first-order valence-electron chi connectivity index (χ1n) is 7.05. The topological polar surface area (TPSA) is 55.8 Å². The third kappa shape index (κ3) is 2.93. The van der Waals surface area contributed by atoms with Crippen molar-refractivity contribution in [2.24, 2.45) is 5.92 Å². The largest absolute Gasteiger partial charge is 0.505 e. The molecule has 1 aromatic carbocycles. The lowest BCUT2D eigenvalue weighted by molar-refractivity contribution is -0.274. The molecule has 140 valence electrons. The predicted molar refractivity (Wildman–Crippen MR) is 76.3 cm³/mol. The lowest BCUT2D eigenvalue weighted by Crippen LogP contribution is -2.47. The van der Waals surface area contributed by atoms with Crippen molar-refractivity contribution < 1.29 is 41.3 Å². The number of phenolic OH excluding ortho intramolecular Hbond substituents is 1. The molecule has 0 spiro atoms. The van der Waals surface area contributed by atoms with Gasteiger partial charge in [-0.1, -0.05) is 18.5 Å². The summed E-state index contributed by atoms with van der Waals surface area (Å²) in [5.41, 5.74) is -3.25. The minimum absolute atomic E-state index is 0.472. The summed E-state index contributed by atoms with van der Waals surface area (Å²) in [6.07, 6.45) is -6.66. The molecular formula is C15H14ClF5O4. The van der Waals surface area contributed by atoms with Gasteiger partial charge in [-0.2, -0.15) is 17.6 Å². The van der Waals surface area contributed by atoms with E-state index in [0.29, 0.717) is 0 Å². The van der Waals surface area contributed by atoms with Crippen molar-refractivity contribution in [1.29, 1.82) is 0 Å². The molecule has 0 saturated carbocycles. The van der Waals surface area contributed by atoms with Gasteiger partial charge < -0.3 is 14.6 Å². The van der Waals surface area contributed by atoms with E-state index in [1.165, 1.54) is 0 Å². The SMILES string of the molecule is COC(=O)[C@H]1O[C@@](C)(C(F)(F)F)[C@@H](C)[C@H]1c1cc(Cl)c(F)c(F)c1O. The molecule has 1 fully saturated rings. The van der Waals surface area contributed by atoms with Crippen molar-refractivity contribution >= 4 is 17.6 Å². The van der Waals surface area contributed by atoms with Gasteiger partial charge >= 0.3 is 12.1 Å². The Morgan fingerprint density at radius 3 is 2.40 bits per heavy atom. The molecule has 10 heteroatoms. The Kier molecular flexibility index (Phi) is 4.95. The highest BCUT2D eigenvalue weighted by Crippen LogP contribution is 2.55. The zero-order valence-electron chi connectivity index (χ0n) is 13.2. The predicted octanol–water partition coefficient (Wildman–Crippen LogP) is 3.94. The molecule has 1 N–H and O–H groups in total. The van der Waals surface area contributed by atoms with Crippen LogP contribution in [0, 0.1) is 17.6 Å². The van der Waals surface area contributed by atoms with Crippen molar-refractivity contribution in [1.82, 2.24) is 0 Å². The van der Waals surface area contributed by atoms with Crippen LogP contribution in [0.4, 0.5) is 22.0 Å². The van der Waals surface area contributed by atoms with Crippen LogP contribution < -0.4 is 0 Å². The molecule has 1 aromatic rings. The van der Waals surface area contributed by atoms with Crippen LogP contribution in [0.1, 0.15) is 25.3 Å². The summed E-state index contributed by atoms with van der Waals surface area (Å²) < 4.78 is 77.0. The summed E-state index contributed by atoms with van der Waals surface area (Å²) in [6, 6.07) is 0.776. The number of halogens is 6. The van der Waals surface area contributed by atoms with Crippen LogP contribution in [-0.4, -0.2) is 36.1 Å². The maximum atomic E-state index is 13.8. The molecule has 0 amide bonds. The molecule has 4 nitrogen and oxygen atoms in total. The van der Waals surface area contributed by atoms with Crippen LogP contribution in [0.15, 0.2) is 6.07 Å². The number of alkyl halides is 3. The standard InChI is InChI=1S/C15H14ClF5O4/c1-5-8(6-4-7(16)9(17)10(18)11(6)22)12(13(23)24-3)25-14(5,2)15(19,20)21/h4-5,8,12,22H,1-3H3/t5-,8-,12-,14+/m0/s1. The Bertz CT molecular complexity index is 708. The summed E-state index contributed by atoms with van der Waals surface area (Å²) in [6.45, 7) is 1.85. The van der Waals surface area contributed by atoms with Gasteiger partial charge in [0.05, 0.1) is 12.1 Å². The van der Waals surface area contributed by atoms with Crippen LogP contribution in [0.25, 0.3) is 0 Å². The Hall–Kier alpha value is -1.61. The van der Waals surface area contributed by atoms with Crippen LogP contribution >= 0.6 is 11.6 Å². The van der Waals surface area contributed by atoms with Crippen LogP contribution in [0.5, 0.6) is 5.75 Å². The molecule has 0 unspecified atom stereocenters. The monoisotopic (exact) mass is 388 g/mol. The maximum Gasteiger partial charge on any atom is 0.417 e. The van der Waals surface area contributed by atoms with E-state index in [9.17, 15) is 31.9 Å². The third-order valence-corrected chi connectivity index (χ3v) is 4.90. The minimum Gasteiger partial charge on any atom is -0.505 e. The summed E-state index contributed by atoms with van der Waals surface area (Å²) in [7, 11) is 0.939. The molecule has 2 rings (SSSR count). The fourth-order valence-corrected chi connectivity index (χ4v) is 3.18. The highest BCUT2D eigenvalue weighted by molar-refractivity contribution is 6.30. The van der Waals surface area contributed by atoms with Gasteiger partial charge in [0.2, 0.25) is 5.82 Å². The molecule has 1 aliphatic heterocycles. The molecule has 0 aromatic heterocycles. The first-order chi connectivity index (χ1) is 11.4. The van der Waals surface area contributed by atoms with Crippen molar-refractivity contribution in [2.75, 3.05) is 7.11 Å². The van der Waals surface area contributed by atoms with Gasteiger partial charge in [-0.25, -0.2) is 9.18 Å². The number of esters is 1. The van der Waals surface area contributed by atoms with Crippen molar-refractivity contribution in [3.05, 3.63) is 28.3 Å². The molecule has 1 saturated heterocycles. The quantitative estimate of drug-likeness (QED) is 0.474. The van der Waals surface area contributed by atoms with Gasteiger partial charge in [0, 0.05) is 17.4 Å². The average molecular weight is 389 g/mol. The van der Waals surface area contributed by atoms with E-state index in [1.807, 2.05) is 0 Å². The van der Waals surface area contributed by atoms with Gasteiger partial charge in [-0.05, 0) is 13.0 Å². The number of carbonyl (C=O) groups excluding carboxylic acids is 1. The third-order valence-electron chi connectivity index (χ3n) is 4.63. The van der Waals surface area contributed by atoms with Gasteiger partial charge in [-0.15, -0.1) is 0 Å². The summed E-state index contributed by atoms with van der Waals surface area (Å²) >= 11 is 5.53. The van der Waals surface area contributed by atoms with Crippen molar-refractivity contribution in [3.8, 4) is 5.75 Å². The molecule has 1 heterocycles. The zero-order valence-corrected chi connectivity index (χ0v) is 14.0. The Morgan fingerprint density at radius 2 is 1.92 bits per heavy atom. The maximum absolute atomic E-state index is 13.8. The van der Waals surface area contributed by atoms with Gasteiger partial charge in [0.15, 0.2) is 23.3 Å². The molecule has 25 heavy (non-hydrogen) atoms. The highest BCUT2D eigenvalue weighted by Gasteiger charge is 2.66. The van der Waals surface area contributed by atoms with E-state index in [2.05, 4.69) is 4.74 Å². The second-order valence-corrected chi connectivity index (χ2v) is 6.31. The van der Waals surface area contributed by atoms with Gasteiger partial charge in [0.25, 0.3) is 0 Å². The molecular weight excluding hydrogens is 375 g/mol. The lowest BCUT2D eigenvalue weighted by atomic mass is 9.77. The number of phenols is 1. The highest BCUT2D eigenvalue weighted by atomic mass is 35.5. The first-order valence-corrected chi connectivity index (χ1v) is 7.43. The number of carbonyl (C=O) groups is 1. The fourth-order valence-electron chi connectivity index (χ4n) is 2.98. The molecule has 0 radical (unpaired) electrons. The van der Waals surface area contributed by atoms with E-state index in [-0.39, 0.29) is 0 Å². The second kappa shape index (κ2) is 6.28. The number of benzene rings is 1. The number of hydrogen-bond acceptors (Lipinski definition) is 4. The molecule has 1 aliphatic rings. The van der Waals surface area contributed by atoms with Crippen LogP contribution in [0.2, 0.25) is 5.02 Å². The number of hydrogen-bond donors (Lipinski definition) is 1. The van der Waals surface area contributed by atoms with Crippen LogP contribution in [-0.2, 0) is 14.3 Å². The smallest absolute Gasteiger partial charge is 0.417 e. The number of aromatic hydroxyl groups is 1. The van der Waals surface area contributed by atoms with E-state index >= 15 is 0 Å². The number of methoxy groups -OCH3 is 1. The van der Waals surface area contributed by atoms with Crippen molar-refractivity contribution in [2.45, 2.75) is 37.6 Å². The Morgan fingerprint density at radius 1 is 1.36 bits per heavy atom. The summed E-state index contributed by atoms with van der Waals surface area (Å²) in [5, 5.41) is 9.12. The summed E-state index contributed by atoms with van der Waals surface area (Å²) in [4.78, 5) is 11.9. The number of ether oxygens (including phenoxy) is 2. The lowest BCUT2D eigenvalue weighted by Gasteiger charge is -2.31. The summed E-state index contributed by atoms with van der Waals surface area (Å²) in [5.74, 6) is -8.57. The second-order valence-electron chi connectivity index (χ2n) is 5.91. The first kappa shape index (κ1) is 19.7. The normalized spacial score (nSPS) is 29.7. The zero-order chi connectivity index (χ0) is 19.3. The van der Waals surface area contributed by atoms with Crippen LogP contribution in [0.3, 0.4) is 0 Å². The Labute approximate surface area is 144 Å². The van der Waals surface area contributed by atoms with Crippen molar-refractivity contribution in [3.63, 3.8) is 0 Å². The number of rotatable bonds is 2. The average Bonchev–Trinajstić information content (AvgIpc) is 2.81. The fraction of sp³-hybridized carbons (Fsp3) is 0.533. The molecule has 4 atom stereocenters. The van der Waals surface area contributed by atoms with Gasteiger partial charge in [-0.3, -0.25) is 0 Å². The molecule has 0 aliphatic carbocycles. The van der Waals surface area contributed by atoms with Gasteiger partial charge in [0.1, 0.15) is 0 Å². The minimum atomic E-state index is -4.87.